The van der Waals surface area contributed by atoms with Crippen LogP contribution in [0, 0.1) is 6.92 Å². The summed E-state index contributed by atoms with van der Waals surface area (Å²) in [5.41, 5.74) is 6.67. The maximum Gasteiger partial charge on any atom is 0.111 e. The summed E-state index contributed by atoms with van der Waals surface area (Å²) >= 11 is 0. The summed E-state index contributed by atoms with van der Waals surface area (Å²) in [7, 11) is 2.03. The van der Waals surface area contributed by atoms with Crippen molar-refractivity contribution in [3.8, 4) is 11.4 Å². The van der Waals surface area contributed by atoms with Crippen LogP contribution in [0.15, 0.2) is 48.7 Å². The van der Waals surface area contributed by atoms with E-state index < -0.39 is 0 Å². The molecule has 6 heteroatoms. The number of pyridine rings is 1. The van der Waals surface area contributed by atoms with Crippen LogP contribution >= 0.6 is 0 Å². The molecule has 5 rings (SSSR count). The third-order valence-electron chi connectivity index (χ3n) is 5.37. The van der Waals surface area contributed by atoms with Gasteiger partial charge >= 0.3 is 0 Å². The highest BCUT2D eigenvalue weighted by Gasteiger charge is 2.21. The molecule has 0 N–H and O–H groups in total. The van der Waals surface area contributed by atoms with Crippen LogP contribution in [0.25, 0.3) is 22.3 Å². The predicted octanol–water partition coefficient (Wildman–Crippen LogP) is 3.16. The molecule has 27 heavy (non-hydrogen) atoms. The Hall–Kier alpha value is -2.99. The average Bonchev–Trinajstić information content (AvgIpc) is 3.23. The van der Waals surface area contributed by atoms with E-state index in [-0.39, 0.29) is 0 Å². The van der Waals surface area contributed by atoms with Crippen molar-refractivity contribution >= 4 is 10.9 Å². The van der Waals surface area contributed by atoms with Gasteiger partial charge in [0, 0.05) is 38.3 Å². The first-order valence-electron chi connectivity index (χ1n) is 9.31. The van der Waals surface area contributed by atoms with Crippen LogP contribution < -0.4 is 0 Å². The van der Waals surface area contributed by atoms with Crippen LogP contribution in [-0.2, 0) is 26.7 Å². The molecule has 0 spiro atoms. The van der Waals surface area contributed by atoms with Crippen molar-refractivity contribution in [2.24, 2.45) is 7.05 Å². The Morgan fingerprint density at radius 2 is 1.93 bits per heavy atom. The standard InChI is InChI=1S/C21H22N6/c1-15-6-5-9-22-21(15)19-12-16-13-26(10-11-27(16)24-19)14-20-17-7-3-4-8-18(17)23-25(20)2/h3-9,12H,10-11,13-14H2,1-2H3. The second-order valence-corrected chi connectivity index (χ2v) is 7.21. The van der Waals surface area contributed by atoms with E-state index in [4.69, 9.17) is 5.10 Å². The molecule has 0 atom stereocenters. The molecule has 1 aromatic carbocycles. The van der Waals surface area contributed by atoms with Crippen molar-refractivity contribution in [3.05, 3.63) is 65.6 Å². The van der Waals surface area contributed by atoms with E-state index in [1.165, 1.54) is 16.8 Å². The summed E-state index contributed by atoms with van der Waals surface area (Å²) in [5.74, 6) is 0. The minimum absolute atomic E-state index is 0.887. The van der Waals surface area contributed by atoms with Gasteiger partial charge in [0.05, 0.1) is 29.1 Å². The molecular formula is C21H22N6. The van der Waals surface area contributed by atoms with Crippen molar-refractivity contribution in [1.82, 2.24) is 29.4 Å². The fourth-order valence-corrected chi connectivity index (χ4v) is 3.93. The molecule has 4 heterocycles. The van der Waals surface area contributed by atoms with Crippen LogP contribution in [0.2, 0.25) is 0 Å². The predicted molar refractivity (Wildman–Crippen MR) is 105 cm³/mol. The maximum atomic E-state index is 4.79. The summed E-state index contributed by atoms with van der Waals surface area (Å²) in [6, 6.07) is 14.6. The number of fused-ring (bicyclic) bond motifs is 2. The molecule has 0 radical (unpaired) electrons. The number of aromatic nitrogens is 5. The average molecular weight is 358 g/mol. The van der Waals surface area contributed by atoms with Crippen LogP contribution in [-0.4, -0.2) is 36.0 Å². The first-order valence-corrected chi connectivity index (χ1v) is 9.31. The number of hydrogen-bond donors (Lipinski definition) is 0. The first-order chi connectivity index (χ1) is 13.2. The van der Waals surface area contributed by atoms with Gasteiger partial charge in [-0.05, 0) is 30.7 Å². The van der Waals surface area contributed by atoms with Gasteiger partial charge in [-0.15, -0.1) is 0 Å². The van der Waals surface area contributed by atoms with Gasteiger partial charge in [0.15, 0.2) is 0 Å². The molecule has 0 saturated carbocycles. The number of benzene rings is 1. The van der Waals surface area contributed by atoms with E-state index in [2.05, 4.69) is 56.9 Å². The Morgan fingerprint density at radius 3 is 2.81 bits per heavy atom. The van der Waals surface area contributed by atoms with E-state index in [1.807, 2.05) is 30.1 Å². The summed E-state index contributed by atoms with van der Waals surface area (Å²) in [6.07, 6.45) is 1.83. The van der Waals surface area contributed by atoms with E-state index >= 15 is 0 Å². The Morgan fingerprint density at radius 1 is 1.04 bits per heavy atom. The van der Waals surface area contributed by atoms with Gasteiger partial charge in [0.2, 0.25) is 0 Å². The van der Waals surface area contributed by atoms with E-state index in [9.17, 15) is 0 Å². The van der Waals surface area contributed by atoms with Crippen LogP contribution in [0.4, 0.5) is 0 Å². The zero-order valence-electron chi connectivity index (χ0n) is 15.6. The zero-order valence-corrected chi connectivity index (χ0v) is 15.6. The Balaban J connectivity index is 1.41. The Labute approximate surface area is 158 Å². The highest BCUT2D eigenvalue weighted by molar-refractivity contribution is 5.81. The number of hydrogen-bond acceptors (Lipinski definition) is 4. The van der Waals surface area contributed by atoms with Gasteiger partial charge in [0.25, 0.3) is 0 Å². The van der Waals surface area contributed by atoms with E-state index in [0.29, 0.717) is 0 Å². The van der Waals surface area contributed by atoms with E-state index in [1.54, 1.807) is 0 Å². The number of rotatable bonds is 3. The molecule has 0 fully saturated rings. The summed E-state index contributed by atoms with van der Waals surface area (Å²) < 4.78 is 4.14. The number of nitrogens with zero attached hydrogens (tertiary/aromatic N) is 6. The fraction of sp³-hybridized carbons (Fsp3) is 0.286. The lowest BCUT2D eigenvalue weighted by Gasteiger charge is -2.27. The SMILES string of the molecule is Cc1cccnc1-c1cc2n(n1)CCN(Cc1c3ccccc3nn1C)C2. The molecular weight excluding hydrogens is 336 g/mol. The minimum atomic E-state index is 0.887. The lowest BCUT2D eigenvalue weighted by atomic mass is 10.1. The molecule has 0 aliphatic carbocycles. The smallest absolute Gasteiger partial charge is 0.111 e. The summed E-state index contributed by atoms with van der Waals surface area (Å²) in [6.45, 7) is 5.74. The lowest BCUT2D eigenvalue weighted by Crippen LogP contribution is -2.33. The fourth-order valence-electron chi connectivity index (χ4n) is 3.93. The molecule has 0 bridgehead atoms. The summed E-state index contributed by atoms with van der Waals surface area (Å²) in [4.78, 5) is 6.98. The normalized spacial score (nSPS) is 14.6. The van der Waals surface area contributed by atoms with Crippen molar-refractivity contribution < 1.29 is 0 Å². The van der Waals surface area contributed by atoms with Gasteiger partial charge in [-0.1, -0.05) is 24.3 Å². The Kier molecular flexibility index (Phi) is 3.79. The molecule has 0 amide bonds. The second-order valence-electron chi connectivity index (χ2n) is 7.21. The number of aryl methyl sites for hydroxylation is 2. The van der Waals surface area contributed by atoms with Crippen LogP contribution in [0.5, 0.6) is 0 Å². The summed E-state index contributed by atoms with van der Waals surface area (Å²) in [5, 5.41) is 10.7. The molecule has 1 aliphatic heterocycles. The molecule has 4 aromatic rings. The van der Waals surface area contributed by atoms with E-state index in [0.717, 1.165) is 48.6 Å². The van der Waals surface area contributed by atoms with Crippen LogP contribution in [0.1, 0.15) is 17.0 Å². The molecule has 3 aromatic heterocycles. The molecule has 0 saturated heterocycles. The Bertz CT molecular complexity index is 1120. The van der Waals surface area contributed by atoms with Crippen molar-refractivity contribution in [2.45, 2.75) is 26.6 Å². The minimum Gasteiger partial charge on any atom is -0.290 e. The van der Waals surface area contributed by atoms with Gasteiger partial charge in [-0.3, -0.25) is 19.2 Å². The van der Waals surface area contributed by atoms with Crippen molar-refractivity contribution in [3.63, 3.8) is 0 Å². The van der Waals surface area contributed by atoms with Crippen LogP contribution in [0.3, 0.4) is 0 Å². The van der Waals surface area contributed by atoms with Crippen molar-refractivity contribution in [2.75, 3.05) is 6.54 Å². The van der Waals surface area contributed by atoms with Gasteiger partial charge in [-0.2, -0.15) is 10.2 Å². The molecule has 0 unspecified atom stereocenters. The monoisotopic (exact) mass is 358 g/mol. The topological polar surface area (TPSA) is 51.8 Å². The van der Waals surface area contributed by atoms with Gasteiger partial charge in [0.1, 0.15) is 5.69 Å². The highest BCUT2D eigenvalue weighted by atomic mass is 15.3. The quantitative estimate of drug-likeness (QED) is 0.564. The molecule has 1 aliphatic rings. The third-order valence-corrected chi connectivity index (χ3v) is 5.37. The van der Waals surface area contributed by atoms with Gasteiger partial charge < -0.3 is 0 Å². The second kappa shape index (κ2) is 6.32. The highest BCUT2D eigenvalue weighted by Crippen LogP contribution is 2.25. The largest absolute Gasteiger partial charge is 0.290 e. The van der Waals surface area contributed by atoms with Gasteiger partial charge in [-0.25, -0.2) is 0 Å². The van der Waals surface area contributed by atoms with Crippen molar-refractivity contribution in [1.29, 1.82) is 0 Å². The lowest BCUT2D eigenvalue weighted by molar-refractivity contribution is 0.201. The first kappa shape index (κ1) is 16.2. The third kappa shape index (κ3) is 2.82. The molecule has 136 valence electrons. The zero-order chi connectivity index (χ0) is 18.4. The maximum absolute atomic E-state index is 4.79. The molecule has 6 nitrogen and oxygen atoms in total.